The number of benzene rings is 3. The SMILES string of the molecule is Cc1ccc(Oc2ccc(NC(=O)[C@@H]3CC(=O)N(c4ccc(Br)cc4)C3)cc2)cc1C. The van der Waals surface area contributed by atoms with Crippen LogP contribution < -0.4 is 15.0 Å². The summed E-state index contributed by atoms with van der Waals surface area (Å²) >= 11 is 3.39. The summed E-state index contributed by atoms with van der Waals surface area (Å²) in [6.07, 6.45) is 0.204. The molecule has 1 aliphatic heterocycles. The number of ether oxygens (including phenoxy) is 1. The van der Waals surface area contributed by atoms with E-state index < -0.39 is 0 Å². The molecule has 1 saturated heterocycles. The van der Waals surface area contributed by atoms with Gasteiger partial charge in [-0.05, 0) is 85.6 Å². The third-order valence-corrected chi connectivity index (χ3v) is 6.00. The van der Waals surface area contributed by atoms with E-state index in [1.807, 2.05) is 61.5 Å². The van der Waals surface area contributed by atoms with Crippen LogP contribution in [0.1, 0.15) is 17.5 Å². The Labute approximate surface area is 190 Å². The lowest BCUT2D eigenvalue weighted by molar-refractivity contribution is -0.122. The van der Waals surface area contributed by atoms with Crippen molar-refractivity contribution in [2.75, 3.05) is 16.8 Å². The van der Waals surface area contributed by atoms with Gasteiger partial charge in [0.25, 0.3) is 0 Å². The van der Waals surface area contributed by atoms with E-state index >= 15 is 0 Å². The van der Waals surface area contributed by atoms with E-state index in [2.05, 4.69) is 28.2 Å². The summed E-state index contributed by atoms with van der Waals surface area (Å²) in [4.78, 5) is 26.8. The van der Waals surface area contributed by atoms with E-state index in [-0.39, 0.29) is 24.2 Å². The van der Waals surface area contributed by atoms with Crippen LogP contribution in [0.3, 0.4) is 0 Å². The maximum absolute atomic E-state index is 12.7. The maximum Gasteiger partial charge on any atom is 0.229 e. The molecule has 1 aliphatic rings. The molecule has 0 aliphatic carbocycles. The third-order valence-electron chi connectivity index (χ3n) is 5.47. The number of amides is 2. The van der Waals surface area contributed by atoms with Crippen LogP contribution in [0, 0.1) is 19.8 Å². The zero-order valence-corrected chi connectivity index (χ0v) is 19.0. The van der Waals surface area contributed by atoms with Gasteiger partial charge in [-0.15, -0.1) is 0 Å². The van der Waals surface area contributed by atoms with Crippen molar-refractivity contribution >= 4 is 39.1 Å². The Hall–Kier alpha value is -3.12. The number of nitrogens with zero attached hydrogens (tertiary/aromatic N) is 1. The predicted octanol–water partition coefficient (Wildman–Crippen LogP) is 5.85. The summed E-state index contributed by atoms with van der Waals surface area (Å²) in [6, 6.07) is 20.7. The van der Waals surface area contributed by atoms with Crippen molar-refractivity contribution in [1.29, 1.82) is 0 Å². The number of nitrogens with one attached hydrogen (secondary N) is 1. The maximum atomic E-state index is 12.7. The van der Waals surface area contributed by atoms with Gasteiger partial charge >= 0.3 is 0 Å². The van der Waals surface area contributed by atoms with Crippen molar-refractivity contribution in [3.05, 3.63) is 82.3 Å². The van der Waals surface area contributed by atoms with Gasteiger partial charge < -0.3 is 15.0 Å². The number of hydrogen-bond donors (Lipinski definition) is 1. The summed E-state index contributed by atoms with van der Waals surface area (Å²) < 4.78 is 6.84. The Balaban J connectivity index is 1.36. The fraction of sp³-hybridized carbons (Fsp3) is 0.200. The Kier molecular flexibility index (Phi) is 6.09. The smallest absolute Gasteiger partial charge is 0.229 e. The average Bonchev–Trinajstić information content (AvgIpc) is 3.14. The first-order chi connectivity index (χ1) is 14.9. The molecule has 0 saturated carbocycles. The van der Waals surface area contributed by atoms with Crippen LogP contribution in [0.2, 0.25) is 0 Å². The summed E-state index contributed by atoms with van der Waals surface area (Å²) in [7, 11) is 0. The van der Waals surface area contributed by atoms with Gasteiger partial charge in [0, 0.05) is 28.8 Å². The summed E-state index contributed by atoms with van der Waals surface area (Å²) in [5.41, 5.74) is 3.86. The van der Waals surface area contributed by atoms with Crippen LogP contribution in [0.4, 0.5) is 11.4 Å². The molecule has 1 atom stereocenters. The van der Waals surface area contributed by atoms with Crippen molar-refractivity contribution in [2.24, 2.45) is 5.92 Å². The molecule has 1 heterocycles. The Morgan fingerprint density at radius 1 is 0.968 bits per heavy atom. The Morgan fingerprint density at radius 2 is 1.65 bits per heavy atom. The standard InChI is InChI=1S/C25H23BrN2O3/c1-16-3-10-23(13-17(16)2)31-22-11-6-20(7-12-22)27-25(30)18-14-24(29)28(15-18)21-8-4-19(26)5-9-21/h3-13,18H,14-15H2,1-2H3,(H,27,30)/t18-/m1/s1. The third kappa shape index (κ3) is 4.97. The normalized spacial score (nSPS) is 15.8. The van der Waals surface area contributed by atoms with E-state index in [0.717, 1.165) is 15.9 Å². The van der Waals surface area contributed by atoms with E-state index in [0.29, 0.717) is 18.0 Å². The molecule has 0 bridgehead atoms. The lowest BCUT2D eigenvalue weighted by Gasteiger charge is -2.17. The fourth-order valence-corrected chi connectivity index (χ4v) is 3.78. The van der Waals surface area contributed by atoms with Gasteiger partial charge in [-0.3, -0.25) is 9.59 Å². The van der Waals surface area contributed by atoms with E-state index in [1.165, 1.54) is 11.1 Å². The summed E-state index contributed by atoms with van der Waals surface area (Å²) in [6.45, 7) is 4.49. The fourth-order valence-electron chi connectivity index (χ4n) is 3.52. The largest absolute Gasteiger partial charge is 0.457 e. The molecule has 3 aromatic carbocycles. The molecule has 1 N–H and O–H groups in total. The molecule has 3 aromatic rings. The Bertz CT molecular complexity index is 1110. The van der Waals surface area contributed by atoms with Crippen molar-refractivity contribution < 1.29 is 14.3 Å². The number of aryl methyl sites for hydroxylation is 2. The van der Waals surface area contributed by atoms with E-state index in [9.17, 15) is 9.59 Å². The van der Waals surface area contributed by atoms with Crippen LogP contribution in [0.15, 0.2) is 71.2 Å². The van der Waals surface area contributed by atoms with Crippen molar-refractivity contribution in [2.45, 2.75) is 20.3 Å². The van der Waals surface area contributed by atoms with Crippen LogP contribution in [-0.2, 0) is 9.59 Å². The molecule has 6 heteroatoms. The minimum absolute atomic E-state index is 0.0420. The highest BCUT2D eigenvalue weighted by Crippen LogP contribution is 2.28. The van der Waals surface area contributed by atoms with Gasteiger partial charge in [0.05, 0.1) is 5.92 Å². The van der Waals surface area contributed by atoms with Crippen molar-refractivity contribution in [3.8, 4) is 11.5 Å². The molecule has 158 valence electrons. The zero-order valence-electron chi connectivity index (χ0n) is 17.4. The highest BCUT2D eigenvalue weighted by atomic mass is 79.9. The van der Waals surface area contributed by atoms with Gasteiger partial charge in [0.2, 0.25) is 11.8 Å². The second-order valence-electron chi connectivity index (χ2n) is 7.74. The zero-order chi connectivity index (χ0) is 22.0. The van der Waals surface area contributed by atoms with Gasteiger partial charge in [0.15, 0.2) is 0 Å². The molecule has 1 fully saturated rings. The van der Waals surface area contributed by atoms with Crippen LogP contribution in [0.25, 0.3) is 0 Å². The van der Waals surface area contributed by atoms with Gasteiger partial charge in [-0.25, -0.2) is 0 Å². The first-order valence-corrected chi connectivity index (χ1v) is 10.9. The number of halogens is 1. The summed E-state index contributed by atoms with van der Waals surface area (Å²) in [5.74, 6) is 0.883. The lowest BCUT2D eigenvalue weighted by atomic mass is 10.1. The van der Waals surface area contributed by atoms with Gasteiger partial charge in [-0.2, -0.15) is 0 Å². The molecule has 2 amide bonds. The summed E-state index contributed by atoms with van der Waals surface area (Å²) in [5, 5.41) is 2.91. The number of carbonyl (C=O) groups excluding carboxylic acids is 2. The molecular weight excluding hydrogens is 456 g/mol. The van der Waals surface area contributed by atoms with Crippen LogP contribution in [-0.4, -0.2) is 18.4 Å². The number of carbonyl (C=O) groups is 2. The quantitative estimate of drug-likeness (QED) is 0.500. The molecule has 0 unspecified atom stereocenters. The molecule has 0 radical (unpaired) electrons. The molecular formula is C25H23BrN2O3. The minimum atomic E-state index is -0.386. The second-order valence-corrected chi connectivity index (χ2v) is 8.66. The molecule has 0 aromatic heterocycles. The Morgan fingerprint density at radius 3 is 2.32 bits per heavy atom. The molecule has 4 rings (SSSR count). The minimum Gasteiger partial charge on any atom is -0.457 e. The molecule has 31 heavy (non-hydrogen) atoms. The van der Waals surface area contributed by atoms with Crippen LogP contribution >= 0.6 is 15.9 Å². The highest BCUT2D eigenvalue weighted by molar-refractivity contribution is 9.10. The number of anilines is 2. The van der Waals surface area contributed by atoms with Crippen LogP contribution in [0.5, 0.6) is 11.5 Å². The van der Waals surface area contributed by atoms with E-state index in [1.54, 1.807) is 17.0 Å². The van der Waals surface area contributed by atoms with Gasteiger partial charge in [0.1, 0.15) is 11.5 Å². The second kappa shape index (κ2) is 8.94. The average molecular weight is 479 g/mol. The first kappa shape index (κ1) is 21.1. The number of rotatable bonds is 5. The van der Waals surface area contributed by atoms with Gasteiger partial charge in [-0.1, -0.05) is 22.0 Å². The van der Waals surface area contributed by atoms with Crippen molar-refractivity contribution in [1.82, 2.24) is 0 Å². The number of hydrogen-bond acceptors (Lipinski definition) is 3. The topological polar surface area (TPSA) is 58.6 Å². The molecule has 5 nitrogen and oxygen atoms in total. The monoisotopic (exact) mass is 478 g/mol. The first-order valence-electron chi connectivity index (χ1n) is 10.1. The van der Waals surface area contributed by atoms with Crippen molar-refractivity contribution in [3.63, 3.8) is 0 Å². The van der Waals surface area contributed by atoms with E-state index in [4.69, 9.17) is 4.74 Å². The molecule has 0 spiro atoms. The highest BCUT2D eigenvalue weighted by Gasteiger charge is 2.35. The predicted molar refractivity (Wildman–Crippen MR) is 126 cm³/mol. The lowest BCUT2D eigenvalue weighted by Crippen LogP contribution is -2.28.